The molecule has 0 unspecified atom stereocenters. The molecule has 7 heteroatoms. The second-order valence-corrected chi connectivity index (χ2v) is 8.21. The van der Waals surface area contributed by atoms with Crippen LogP contribution >= 0.6 is 0 Å². The number of nitrogens with one attached hydrogen (secondary N) is 1. The SMILES string of the molecule is CCc1ccc([C@H](C)NC(=O)C2CCN(c3nnc(-c4ccc(OC)cc4)o3)CC2)cc1. The van der Waals surface area contributed by atoms with Gasteiger partial charge in [0.25, 0.3) is 0 Å². The lowest BCUT2D eigenvalue weighted by Crippen LogP contribution is -2.41. The summed E-state index contributed by atoms with van der Waals surface area (Å²) in [6, 6.07) is 16.5. The van der Waals surface area contributed by atoms with Crippen molar-refractivity contribution in [2.75, 3.05) is 25.1 Å². The number of ether oxygens (including phenoxy) is 1. The first-order valence-electron chi connectivity index (χ1n) is 11.2. The first-order chi connectivity index (χ1) is 15.6. The fraction of sp³-hybridized carbons (Fsp3) is 0.400. The van der Waals surface area contributed by atoms with Crippen molar-refractivity contribution in [2.24, 2.45) is 5.92 Å². The lowest BCUT2D eigenvalue weighted by atomic mass is 9.95. The van der Waals surface area contributed by atoms with Crippen LogP contribution in [0.5, 0.6) is 5.75 Å². The number of aryl methyl sites for hydroxylation is 1. The van der Waals surface area contributed by atoms with Crippen LogP contribution in [0.1, 0.15) is 43.9 Å². The van der Waals surface area contributed by atoms with Crippen LogP contribution in [0.2, 0.25) is 0 Å². The first-order valence-corrected chi connectivity index (χ1v) is 11.2. The van der Waals surface area contributed by atoms with Gasteiger partial charge in [-0.25, -0.2) is 0 Å². The number of carbonyl (C=O) groups excluding carboxylic acids is 1. The lowest BCUT2D eigenvalue weighted by molar-refractivity contribution is -0.126. The zero-order valence-corrected chi connectivity index (χ0v) is 18.9. The van der Waals surface area contributed by atoms with E-state index in [1.165, 1.54) is 5.56 Å². The highest BCUT2D eigenvalue weighted by molar-refractivity contribution is 5.79. The maximum absolute atomic E-state index is 12.8. The maximum atomic E-state index is 12.8. The fourth-order valence-corrected chi connectivity index (χ4v) is 3.98. The third-order valence-corrected chi connectivity index (χ3v) is 6.13. The summed E-state index contributed by atoms with van der Waals surface area (Å²) in [6.45, 7) is 5.59. The molecule has 0 bridgehead atoms. The normalized spacial score (nSPS) is 15.4. The number of carbonyl (C=O) groups is 1. The van der Waals surface area contributed by atoms with Gasteiger partial charge in [0.2, 0.25) is 11.8 Å². The molecule has 1 N–H and O–H groups in total. The Balaban J connectivity index is 1.30. The number of hydrogen-bond donors (Lipinski definition) is 1. The molecule has 2 heterocycles. The molecule has 1 aromatic heterocycles. The zero-order chi connectivity index (χ0) is 22.5. The van der Waals surface area contributed by atoms with Crippen molar-refractivity contribution in [2.45, 2.75) is 39.2 Å². The summed E-state index contributed by atoms with van der Waals surface area (Å²) >= 11 is 0. The van der Waals surface area contributed by atoms with Crippen LogP contribution in [0, 0.1) is 5.92 Å². The molecule has 0 spiro atoms. The average molecular weight is 435 g/mol. The Morgan fingerprint density at radius 3 is 2.44 bits per heavy atom. The van der Waals surface area contributed by atoms with E-state index in [2.05, 4.69) is 51.6 Å². The number of piperidine rings is 1. The summed E-state index contributed by atoms with van der Waals surface area (Å²) in [6.07, 6.45) is 2.53. The molecule has 1 aliphatic heterocycles. The van der Waals surface area contributed by atoms with E-state index in [4.69, 9.17) is 9.15 Å². The quantitative estimate of drug-likeness (QED) is 0.594. The molecule has 7 nitrogen and oxygen atoms in total. The van der Waals surface area contributed by atoms with Crippen LogP contribution in [-0.4, -0.2) is 36.3 Å². The number of hydrogen-bond acceptors (Lipinski definition) is 6. The van der Waals surface area contributed by atoms with Crippen LogP contribution in [0.25, 0.3) is 11.5 Å². The molecule has 168 valence electrons. The van der Waals surface area contributed by atoms with E-state index in [0.29, 0.717) is 25.0 Å². The minimum Gasteiger partial charge on any atom is -0.497 e. The minimum atomic E-state index is -0.00686. The highest BCUT2D eigenvalue weighted by atomic mass is 16.5. The third-order valence-electron chi connectivity index (χ3n) is 6.13. The van der Waals surface area contributed by atoms with Gasteiger partial charge in [-0.05, 0) is 61.6 Å². The lowest BCUT2D eigenvalue weighted by Gasteiger charge is -2.30. The molecule has 3 aromatic rings. The van der Waals surface area contributed by atoms with Gasteiger partial charge in [-0.1, -0.05) is 36.3 Å². The molecule has 1 aliphatic rings. The van der Waals surface area contributed by atoms with Gasteiger partial charge in [-0.2, -0.15) is 0 Å². The molecule has 0 radical (unpaired) electrons. The van der Waals surface area contributed by atoms with E-state index in [9.17, 15) is 4.79 Å². The van der Waals surface area contributed by atoms with Crippen molar-refractivity contribution in [1.29, 1.82) is 0 Å². The molecule has 1 fully saturated rings. The molecule has 4 rings (SSSR count). The molecule has 0 aliphatic carbocycles. The molecule has 32 heavy (non-hydrogen) atoms. The van der Waals surface area contributed by atoms with E-state index < -0.39 is 0 Å². The Bertz CT molecular complexity index is 1020. The van der Waals surface area contributed by atoms with Gasteiger partial charge in [0.05, 0.1) is 13.2 Å². The van der Waals surface area contributed by atoms with E-state index in [1.807, 2.05) is 31.2 Å². The van der Waals surface area contributed by atoms with Crippen LogP contribution in [0.15, 0.2) is 52.9 Å². The zero-order valence-electron chi connectivity index (χ0n) is 18.9. The minimum absolute atomic E-state index is 0.00516. The van der Waals surface area contributed by atoms with E-state index in [-0.39, 0.29) is 17.9 Å². The predicted octanol–water partition coefficient (Wildman–Crippen LogP) is 4.40. The first kappa shape index (κ1) is 21.9. The van der Waals surface area contributed by atoms with E-state index in [1.54, 1.807) is 7.11 Å². The van der Waals surface area contributed by atoms with Crippen LogP contribution in [0.4, 0.5) is 6.01 Å². The summed E-state index contributed by atoms with van der Waals surface area (Å²) in [7, 11) is 1.63. The number of rotatable bonds is 7. The number of benzene rings is 2. The number of amides is 1. The van der Waals surface area contributed by atoms with Gasteiger partial charge in [-0.15, -0.1) is 5.10 Å². The van der Waals surface area contributed by atoms with Crippen molar-refractivity contribution < 1.29 is 13.9 Å². The molecule has 2 aromatic carbocycles. The Hall–Kier alpha value is -3.35. The van der Waals surface area contributed by atoms with Crippen molar-refractivity contribution in [3.05, 3.63) is 59.7 Å². The molecular weight excluding hydrogens is 404 g/mol. The monoisotopic (exact) mass is 434 g/mol. The largest absolute Gasteiger partial charge is 0.497 e. The topological polar surface area (TPSA) is 80.5 Å². The molecular formula is C25H30N4O3. The van der Waals surface area contributed by atoms with Crippen molar-refractivity contribution >= 4 is 11.9 Å². The predicted molar refractivity (Wildman–Crippen MR) is 124 cm³/mol. The second-order valence-electron chi connectivity index (χ2n) is 8.21. The molecule has 1 atom stereocenters. The highest BCUT2D eigenvalue weighted by Gasteiger charge is 2.28. The van der Waals surface area contributed by atoms with Gasteiger partial charge in [0, 0.05) is 24.6 Å². The number of methoxy groups -OCH3 is 1. The van der Waals surface area contributed by atoms with Gasteiger partial charge < -0.3 is 19.4 Å². The van der Waals surface area contributed by atoms with Gasteiger partial charge >= 0.3 is 6.01 Å². The smallest absolute Gasteiger partial charge is 0.318 e. The Kier molecular flexibility index (Phi) is 6.73. The van der Waals surface area contributed by atoms with Crippen LogP contribution in [0.3, 0.4) is 0 Å². The van der Waals surface area contributed by atoms with E-state index >= 15 is 0 Å². The summed E-state index contributed by atoms with van der Waals surface area (Å²) in [5.41, 5.74) is 3.28. The van der Waals surface area contributed by atoms with E-state index in [0.717, 1.165) is 36.1 Å². The Morgan fingerprint density at radius 2 is 1.81 bits per heavy atom. The van der Waals surface area contributed by atoms with Crippen molar-refractivity contribution in [3.8, 4) is 17.2 Å². The molecule has 0 saturated carbocycles. The summed E-state index contributed by atoms with van der Waals surface area (Å²) in [5.74, 6) is 1.36. The van der Waals surface area contributed by atoms with Crippen molar-refractivity contribution in [1.82, 2.24) is 15.5 Å². The van der Waals surface area contributed by atoms with Gasteiger partial charge in [-0.3, -0.25) is 4.79 Å². The summed E-state index contributed by atoms with van der Waals surface area (Å²) < 4.78 is 11.1. The molecule has 1 amide bonds. The third kappa shape index (κ3) is 4.93. The summed E-state index contributed by atoms with van der Waals surface area (Å²) in [5, 5.41) is 11.6. The average Bonchev–Trinajstić information content (AvgIpc) is 3.34. The maximum Gasteiger partial charge on any atom is 0.318 e. The van der Waals surface area contributed by atoms with Gasteiger partial charge in [0.1, 0.15) is 5.75 Å². The number of aromatic nitrogens is 2. The van der Waals surface area contributed by atoms with Gasteiger partial charge in [0.15, 0.2) is 0 Å². The second kappa shape index (κ2) is 9.85. The number of nitrogens with zero attached hydrogens (tertiary/aromatic N) is 3. The Labute approximate surface area is 188 Å². The standard InChI is InChI=1S/C25H30N4O3/c1-4-18-5-7-19(8-6-18)17(2)26-23(30)20-13-15-29(16-14-20)25-28-27-24(32-25)21-9-11-22(31-3)12-10-21/h5-12,17,20H,4,13-16H2,1-3H3,(H,26,30)/t17-/m0/s1. The summed E-state index contributed by atoms with van der Waals surface area (Å²) in [4.78, 5) is 14.9. The van der Waals surface area contributed by atoms with Crippen LogP contribution in [-0.2, 0) is 11.2 Å². The highest BCUT2D eigenvalue weighted by Crippen LogP contribution is 2.27. The van der Waals surface area contributed by atoms with Crippen LogP contribution < -0.4 is 15.0 Å². The molecule has 1 saturated heterocycles. The van der Waals surface area contributed by atoms with Crippen molar-refractivity contribution in [3.63, 3.8) is 0 Å². The number of anilines is 1. The fourth-order valence-electron chi connectivity index (χ4n) is 3.98. The Morgan fingerprint density at radius 1 is 1.12 bits per heavy atom.